The molecule has 3 nitrogen and oxygen atoms in total. The summed E-state index contributed by atoms with van der Waals surface area (Å²) >= 11 is 1.76. The number of hydrogen-bond acceptors (Lipinski definition) is 3. The lowest BCUT2D eigenvalue weighted by Crippen LogP contribution is -2.45. The van der Waals surface area contributed by atoms with E-state index in [1.54, 1.807) is 18.3 Å². The van der Waals surface area contributed by atoms with Crippen LogP contribution >= 0.6 is 11.3 Å². The van der Waals surface area contributed by atoms with Gasteiger partial charge in [0.25, 0.3) is 0 Å². The first kappa shape index (κ1) is 13.1. The van der Waals surface area contributed by atoms with E-state index in [1.165, 1.54) is 9.75 Å². The van der Waals surface area contributed by atoms with Crippen LogP contribution in [-0.2, 0) is 4.79 Å². The zero-order valence-corrected chi connectivity index (χ0v) is 11.8. The molecular weight excluding hydrogens is 244 g/mol. The highest BCUT2D eigenvalue weighted by Gasteiger charge is 2.46. The van der Waals surface area contributed by atoms with Gasteiger partial charge in [-0.2, -0.15) is 5.26 Å². The maximum atomic E-state index is 12.1. The van der Waals surface area contributed by atoms with Crippen molar-refractivity contribution < 1.29 is 4.79 Å². The molecule has 1 aliphatic carbocycles. The van der Waals surface area contributed by atoms with Gasteiger partial charge in [0, 0.05) is 21.6 Å². The molecule has 0 radical (unpaired) electrons. The van der Waals surface area contributed by atoms with Gasteiger partial charge in [-0.3, -0.25) is 4.79 Å². The van der Waals surface area contributed by atoms with Crippen molar-refractivity contribution in [3.8, 4) is 6.07 Å². The van der Waals surface area contributed by atoms with E-state index in [4.69, 9.17) is 5.26 Å². The molecule has 0 saturated heterocycles. The molecule has 3 atom stereocenters. The third-order valence-electron chi connectivity index (χ3n) is 3.61. The number of nitrogens with one attached hydrogen (secondary N) is 1. The molecule has 96 valence electrons. The molecular formula is C14H18N2OS. The molecule has 2 rings (SSSR count). The Labute approximate surface area is 112 Å². The monoisotopic (exact) mass is 262 g/mol. The Bertz CT molecular complexity index is 502. The lowest BCUT2D eigenvalue weighted by Gasteiger charge is -2.21. The van der Waals surface area contributed by atoms with E-state index in [-0.39, 0.29) is 11.8 Å². The third kappa shape index (κ3) is 2.56. The van der Waals surface area contributed by atoms with Crippen LogP contribution in [0.1, 0.15) is 42.4 Å². The van der Waals surface area contributed by atoms with Crippen LogP contribution < -0.4 is 5.32 Å². The van der Waals surface area contributed by atoms with E-state index < -0.39 is 5.54 Å². The maximum absolute atomic E-state index is 12.1. The molecule has 1 amide bonds. The van der Waals surface area contributed by atoms with Crippen LogP contribution in [0.2, 0.25) is 0 Å². The third-order valence-corrected chi connectivity index (χ3v) is 4.74. The van der Waals surface area contributed by atoms with Gasteiger partial charge in [0.1, 0.15) is 5.54 Å². The molecule has 4 heteroatoms. The summed E-state index contributed by atoms with van der Waals surface area (Å²) in [5, 5.41) is 11.9. The minimum absolute atomic E-state index is 0.0250. The van der Waals surface area contributed by atoms with Crippen molar-refractivity contribution >= 4 is 17.2 Å². The normalized spacial score (nSPS) is 25.0. The largest absolute Gasteiger partial charge is 0.338 e. The first-order chi connectivity index (χ1) is 8.49. The Hall–Kier alpha value is -1.34. The molecule has 1 aliphatic rings. The van der Waals surface area contributed by atoms with Gasteiger partial charge in [0.15, 0.2) is 0 Å². The molecule has 18 heavy (non-hydrogen) atoms. The first-order valence-electron chi connectivity index (χ1n) is 6.28. The molecule has 0 bridgehead atoms. The number of thiophene rings is 1. The summed E-state index contributed by atoms with van der Waals surface area (Å²) in [6, 6.07) is 6.38. The fraction of sp³-hybridized carbons (Fsp3) is 0.571. The molecule has 0 unspecified atom stereocenters. The molecule has 1 heterocycles. The molecule has 1 saturated carbocycles. The van der Waals surface area contributed by atoms with Gasteiger partial charge < -0.3 is 5.32 Å². The van der Waals surface area contributed by atoms with Crippen LogP contribution in [0.3, 0.4) is 0 Å². The molecule has 1 aromatic heterocycles. The van der Waals surface area contributed by atoms with E-state index in [9.17, 15) is 4.79 Å². The number of rotatable bonds is 4. The Balaban J connectivity index is 1.96. The van der Waals surface area contributed by atoms with Gasteiger partial charge in [-0.05, 0) is 38.8 Å². The topological polar surface area (TPSA) is 52.9 Å². The lowest BCUT2D eigenvalue weighted by atomic mass is 10.0. The Morgan fingerprint density at radius 1 is 1.67 bits per heavy atom. The number of nitrogens with zero attached hydrogens (tertiary/aromatic N) is 1. The van der Waals surface area contributed by atoms with Crippen molar-refractivity contribution in [3.05, 3.63) is 21.9 Å². The number of carbonyl (C=O) groups excluding carboxylic acids is 1. The predicted molar refractivity (Wildman–Crippen MR) is 72.4 cm³/mol. The minimum atomic E-state index is -0.727. The fourth-order valence-electron chi connectivity index (χ4n) is 2.01. The zero-order valence-electron chi connectivity index (χ0n) is 11.0. The highest BCUT2D eigenvalue weighted by molar-refractivity contribution is 7.12. The Kier molecular flexibility index (Phi) is 3.45. The zero-order chi connectivity index (χ0) is 13.3. The summed E-state index contributed by atoms with van der Waals surface area (Å²) < 4.78 is 0. The number of hydrogen-bond donors (Lipinski definition) is 1. The van der Waals surface area contributed by atoms with E-state index in [1.807, 2.05) is 6.92 Å². The van der Waals surface area contributed by atoms with E-state index in [2.05, 4.69) is 30.4 Å². The van der Waals surface area contributed by atoms with Gasteiger partial charge in [0.2, 0.25) is 5.91 Å². The summed E-state index contributed by atoms with van der Waals surface area (Å²) in [6.07, 6.45) is 1.54. The summed E-state index contributed by atoms with van der Waals surface area (Å²) in [5.74, 6) is 0.447. The van der Waals surface area contributed by atoms with Crippen molar-refractivity contribution in [3.63, 3.8) is 0 Å². The van der Waals surface area contributed by atoms with Gasteiger partial charge >= 0.3 is 0 Å². The Morgan fingerprint density at radius 2 is 2.39 bits per heavy atom. The van der Waals surface area contributed by atoms with Crippen LogP contribution in [0, 0.1) is 24.2 Å². The number of carbonyl (C=O) groups is 1. The predicted octanol–water partition coefficient (Wildman–Crippen LogP) is 2.97. The summed E-state index contributed by atoms with van der Waals surface area (Å²) in [5.41, 5.74) is -0.727. The minimum Gasteiger partial charge on any atom is -0.338 e. The van der Waals surface area contributed by atoms with Crippen LogP contribution in [0.25, 0.3) is 0 Å². The summed E-state index contributed by atoms with van der Waals surface area (Å²) in [4.78, 5) is 14.6. The van der Waals surface area contributed by atoms with E-state index in [0.29, 0.717) is 12.3 Å². The molecule has 0 aromatic carbocycles. The first-order valence-corrected chi connectivity index (χ1v) is 7.10. The number of nitriles is 1. The standard InChI is InChI=1S/C14H18N2OS/c1-4-14(3,8-15)16-13(17)11-7-10(11)12-6-5-9(2)18-12/h5-6,10-11H,4,7H2,1-3H3,(H,16,17)/t10-,11-,14-/m0/s1. The fourth-order valence-corrected chi connectivity index (χ4v) is 3.07. The van der Waals surface area contributed by atoms with Crippen molar-refractivity contribution in [2.75, 3.05) is 0 Å². The van der Waals surface area contributed by atoms with Gasteiger partial charge in [-0.1, -0.05) is 6.92 Å². The van der Waals surface area contributed by atoms with Gasteiger partial charge in [0.05, 0.1) is 6.07 Å². The number of aryl methyl sites for hydroxylation is 1. The smallest absolute Gasteiger partial charge is 0.225 e. The highest BCUT2D eigenvalue weighted by atomic mass is 32.1. The molecule has 0 aliphatic heterocycles. The summed E-state index contributed by atoms with van der Waals surface area (Å²) in [6.45, 7) is 5.77. The van der Waals surface area contributed by atoms with Crippen LogP contribution in [0.4, 0.5) is 0 Å². The van der Waals surface area contributed by atoms with Crippen LogP contribution in [-0.4, -0.2) is 11.4 Å². The second-order valence-electron chi connectivity index (χ2n) is 5.18. The van der Waals surface area contributed by atoms with Crippen molar-refractivity contribution in [1.29, 1.82) is 5.26 Å². The maximum Gasteiger partial charge on any atom is 0.225 e. The second kappa shape index (κ2) is 4.74. The average molecular weight is 262 g/mol. The molecule has 1 N–H and O–H groups in total. The highest BCUT2D eigenvalue weighted by Crippen LogP contribution is 2.49. The molecule has 1 fully saturated rings. The van der Waals surface area contributed by atoms with Crippen molar-refractivity contribution in [2.45, 2.75) is 45.1 Å². The average Bonchev–Trinajstić information content (AvgIpc) is 3.05. The van der Waals surface area contributed by atoms with Crippen LogP contribution in [0.15, 0.2) is 12.1 Å². The summed E-state index contributed by atoms with van der Waals surface area (Å²) in [7, 11) is 0. The molecule has 0 spiro atoms. The number of amides is 1. The van der Waals surface area contributed by atoms with Gasteiger partial charge in [-0.15, -0.1) is 11.3 Å². The second-order valence-corrected chi connectivity index (χ2v) is 6.50. The molecule has 1 aromatic rings. The van der Waals surface area contributed by atoms with E-state index >= 15 is 0 Å². The SMILES string of the molecule is CC[C@@](C)(C#N)NC(=O)[C@H]1C[C@@H]1c1ccc(C)s1. The van der Waals surface area contributed by atoms with Crippen molar-refractivity contribution in [2.24, 2.45) is 5.92 Å². The van der Waals surface area contributed by atoms with Crippen molar-refractivity contribution in [1.82, 2.24) is 5.32 Å². The Morgan fingerprint density at radius 3 is 2.89 bits per heavy atom. The van der Waals surface area contributed by atoms with Gasteiger partial charge in [-0.25, -0.2) is 0 Å². The quantitative estimate of drug-likeness (QED) is 0.907. The lowest BCUT2D eigenvalue weighted by molar-refractivity contribution is -0.123. The van der Waals surface area contributed by atoms with E-state index in [0.717, 1.165) is 6.42 Å². The van der Waals surface area contributed by atoms with Crippen LogP contribution in [0.5, 0.6) is 0 Å².